The molecule has 134 valence electrons. The van der Waals surface area contributed by atoms with Gasteiger partial charge in [0.2, 0.25) is 0 Å². The molecule has 4 heteroatoms. The van der Waals surface area contributed by atoms with Gasteiger partial charge in [-0.25, -0.2) is 4.98 Å². The Morgan fingerprint density at radius 2 is 1.81 bits per heavy atom. The van der Waals surface area contributed by atoms with Gasteiger partial charge in [0.1, 0.15) is 5.65 Å². The van der Waals surface area contributed by atoms with Crippen molar-refractivity contribution in [2.45, 2.75) is 20.8 Å². The first-order valence-electron chi connectivity index (χ1n) is 8.94. The Hall–Kier alpha value is -3.40. The third-order valence-corrected chi connectivity index (χ3v) is 4.80. The van der Waals surface area contributed by atoms with Crippen LogP contribution >= 0.6 is 0 Å². The van der Waals surface area contributed by atoms with Crippen LogP contribution in [0.3, 0.4) is 0 Å². The maximum Gasteiger partial charge on any atom is 0.255 e. The van der Waals surface area contributed by atoms with Gasteiger partial charge in [0.15, 0.2) is 0 Å². The molecule has 4 aromatic rings. The standard InChI is InChI=1S/C23H21N3O/c1-15-9-10-26-14-21(25-22(26)11-15)18-5-4-6-20(13-18)24-23(27)19-8-7-16(2)17(3)12-19/h4-14H,1-3H3,(H,24,27). The van der Waals surface area contributed by atoms with Gasteiger partial charge >= 0.3 is 0 Å². The maximum atomic E-state index is 12.6. The molecule has 0 unspecified atom stereocenters. The summed E-state index contributed by atoms with van der Waals surface area (Å²) in [5, 5.41) is 2.98. The Balaban J connectivity index is 1.61. The van der Waals surface area contributed by atoms with Gasteiger partial charge in [0.05, 0.1) is 5.69 Å². The first kappa shape index (κ1) is 17.0. The molecule has 2 aromatic carbocycles. The Bertz CT molecular complexity index is 1160. The molecule has 0 saturated carbocycles. The van der Waals surface area contributed by atoms with Crippen molar-refractivity contribution < 1.29 is 4.79 Å². The lowest BCUT2D eigenvalue weighted by atomic mass is 10.1. The van der Waals surface area contributed by atoms with E-state index in [-0.39, 0.29) is 5.91 Å². The highest BCUT2D eigenvalue weighted by Crippen LogP contribution is 2.23. The van der Waals surface area contributed by atoms with Crippen LogP contribution in [-0.2, 0) is 0 Å². The van der Waals surface area contributed by atoms with Gasteiger partial charge in [-0.3, -0.25) is 4.79 Å². The zero-order chi connectivity index (χ0) is 19.0. The van der Waals surface area contributed by atoms with Crippen LogP contribution in [0.5, 0.6) is 0 Å². The minimum Gasteiger partial charge on any atom is -0.322 e. The minimum absolute atomic E-state index is 0.110. The molecule has 4 nitrogen and oxygen atoms in total. The van der Waals surface area contributed by atoms with Gasteiger partial charge in [0, 0.05) is 29.2 Å². The van der Waals surface area contributed by atoms with Crippen LogP contribution in [-0.4, -0.2) is 15.3 Å². The number of nitrogens with one attached hydrogen (secondary N) is 1. The number of pyridine rings is 1. The number of aryl methyl sites for hydroxylation is 3. The lowest BCUT2D eigenvalue weighted by Crippen LogP contribution is -2.12. The summed E-state index contributed by atoms with van der Waals surface area (Å²) >= 11 is 0. The summed E-state index contributed by atoms with van der Waals surface area (Å²) in [6.07, 6.45) is 4.01. The molecule has 0 atom stereocenters. The number of hydrogen-bond acceptors (Lipinski definition) is 2. The number of aromatic nitrogens is 2. The summed E-state index contributed by atoms with van der Waals surface area (Å²) in [5.41, 5.74) is 7.63. The second-order valence-electron chi connectivity index (χ2n) is 6.93. The van der Waals surface area contributed by atoms with Crippen LogP contribution in [0.2, 0.25) is 0 Å². The minimum atomic E-state index is -0.110. The van der Waals surface area contributed by atoms with Crippen LogP contribution in [0, 0.1) is 20.8 Å². The molecule has 2 heterocycles. The molecule has 2 aromatic heterocycles. The number of rotatable bonds is 3. The van der Waals surface area contributed by atoms with Crippen molar-refractivity contribution in [1.82, 2.24) is 9.38 Å². The monoisotopic (exact) mass is 355 g/mol. The molecule has 27 heavy (non-hydrogen) atoms. The summed E-state index contributed by atoms with van der Waals surface area (Å²) in [7, 11) is 0. The van der Waals surface area contributed by atoms with E-state index in [0.29, 0.717) is 5.56 Å². The third kappa shape index (κ3) is 3.47. The van der Waals surface area contributed by atoms with Crippen LogP contribution in [0.25, 0.3) is 16.9 Å². The Morgan fingerprint density at radius 1 is 0.963 bits per heavy atom. The maximum absolute atomic E-state index is 12.6. The van der Waals surface area contributed by atoms with E-state index in [1.165, 1.54) is 11.1 Å². The predicted molar refractivity (Wildman–Crippen MR) is 109 cm³/mol. The van der Waals surface area contributed by atoms with E-state index in [9.17, 15) is 4.79 Å². The highest BCUT2D eigenvalue weighted by Gasteiger charge is 2.09. The fraction of sp³-hybridized carbons (Fsp3) is 0.130. The molecule has 0 spiro atoms. The number of carbonyl (C=O) groups is 1. The first-order valence-corrected chi connectivity index (χ1v) is 8.94. The number of imidazole rings is 1. The van der Waals surface area contributed by atoms with E-state index >= 15 is 0 Å². The Kier molecular flexibility index (Phi) is 4.24. The molecule has 0 aliphatic heterocycles. The van der Waals surface area contributed by atoms with Crippen LogP contribution in [0.15, 0.2) is 67.0 Å². The number of benzene rings is 2. The van der Waals surface area contributed by atoms with E-state index in [1.807, 2.05) is 73.1 Å². The third-order valence-electron chi connectivity index (χ3n) is 4.80. The van der Waals surface area contributed by atoms with Gasteiger partial charge in [-0.15, -0.1) is 0 Å². The number of amides is 1. The van der Waals surface area contributed by atoms with Gasteiger partial charge in [-0.1, -0.05) is 18.2 Å². The highest BCUT2D eigenvalue weighted by molar-refractivity contribution is 6.04. The van der Waals surface area contributed by atoms with Crippen molar-refractivity contribution >= 4 is 17.2 Å². The van der Waals surface area contributed by atoms with Crippen LogP contribution in [0.4, 0.5) is 5.69 Å². The molecule has 0 radical (unpaired) electrons. The summed E-state index contributed by atoms with van der Waals surface area (Å²) in [6, 6.07) is 17.6. The second kappa shape index (κ2) is 6.72. The summed E-state index contributed by atoms with van der Waals surface area (Å²) in [6.45, 7) is 6.10. The quantitative estimate of drug-likeness (QED) is 0.550. The van der Waals surface area contributed by atoms with E-state index < -0.39 is 0 Å². The molecular weight excluding hydrogens is 334 g/mol. The molecule has 1 N–H and O–H groups in total. The van der Waals surface area contributed by atoms with Crippen molar-refractivity contribution in [2.75, 3.05) is 5.32 Å². The van der Waals surface area contributed by atoms with Crippen molar-refractivity contribution in [1.29, 1.82) is 0 Å². The molecule has 4 rings (SSSR count). The molecule has 0 saturated heterocycles. The summed E-state index contributed by atoms with van der Waals surface area (Å²) in [4.78, 5) is 17.3. The average molecular weight is 355 g/mol. The number of nitrogens with zero attached hydrogens (tertiary/aromatic N) is 2. The summed E-state index contributed by atoms with van der Waals surface area (Å²) in [5.74, 6) is -0.110. The Morgan fingerprint density at radius 3 is 2.63 bits per heavy atom. The largest absolute Gasteiger partial charge is 0.322 e. The fourth-order valence-electron chi connectivity index (χ4n) is 3.07. The summed E-state index contributed by atoms with van der Waals surface area (Å²) < 4.78 is 2.00. The molecule has 0 aliphatic rings. The Labute approximate surface area is 158 Å². The predicted octanol–water partition coefficient (Wildman–Crippen LogP) is 5.18. The van der Waals surface area contributed by atoms with Gasteiger partial charge < -0.3 is 9.72 Å². The zero-order valence-electron chi connectivity index (χ0n) is 15.7. The fourth-order valence-corrected chi connectivity index (χ4v) is 3.07. The number of anilines is 1. The molecule has 0 aliphatic carbocycles. The smallest absolute Gasteiger partial charge is 0.255 e. The van der Waals surface area contributed by atoms with Gasteiger partial charge in [-0.2, -0.15) is 0 Å². The number of hydrogen-bond donors (Lipinski definition) is 1. The number of fused-ring (bicyclic) bond motifs is 1. The van der Waals surface area contributed by atoms with Crippen molar-refractivity contribution in [3.8, 4) is 11.3 Å². The van der Waals surface area contributed by atoms with Gasteiger partial charge in [-0.05, 0) is 73.9 Å². The number of carbonyl (C=O) groups excluding carboxylic acids is 1. The highest BCUT2D eigenvalue weighted by atomic mass is 16.1. The van der Waals surface area contributed by atoms with E-state index in [2.05, 4.69) is 24.4 Å². The molecule has 0 fully saturated rings. The van der Waals surface area contributed by atoms with Crippen molar-refractivity contribution in [3.05, 3.63) is 89.2 Å². The van der Waals surface area contributed by atoms with Crippen molar-refractivity contribution in [3.63, 3.8) is 0 Å². The van der Waals surface area contributed by atoms with Crippen LogP contribution < -0.4 is 5.32 Å². The lowest BCUT2D eigenvalue weighted by Gasteiger charge is -2.08. The van der Waals surface area contributed by atoms with Crippen LogP contribution in [0.1, 0.15) is 27.0 Å². The van der Waals surface area contributed by atoms with E-state index in [4.69, 9.17) is 4.98 Å². The molecule has 1 amide bonds. The normalized spacial score (nSPS) is 10.9. The molecule has 0 bridgehead atoms. The average Bonchev–Trinajstić information content (AvgIpc) is 3.07. The van der Waals surface area contributed by atoms with E-state index in [1.54, 1.807) is 0 Å². The second-order valence-corrected chi connectivity index (χ2v) is 6.93. The topological polar surface area (TPSA) is 46.4 Å². The first-order chi connectivity index (χ1) is 13.0. The molecular formula is C23H21N3O. The zero-order valence-corrected chi connectivity index (χ0v) is 15.7. The van der Waals surface area contributed by atoms with E-state index in [0.717, 1.165) is 28.2 Å². The SMILES string of the molecule is Cc1ccn2cc(-c3cccc(NC(=O)c4ccc(C)c(C)c4)c3)nc2c1. The van der Waals surface area contributed by atoms with Gasteiger partial charge in [0.25, 0.3) is 5.91 Å². The van der Waals surface area contributed by atoms with Crippen molar-refractivity contribution in [2.24, 2.45) is 0 Å². The lowest BCUT2D eigenvalue weighted by molar-refractivity contribution is 0.102.